The molecule has 0 unspecified atom stereocenters. The molecule has 8 heteroatoms. The van der Waals surface area contributed by atoms with Gasteiger partial charge in [0.25, 0.3) is 0 Å². The molecule has 0 atom stereocenters. The molecular formula is C11H20N4O4. The predicted molar refractivity (Wildman–Crippen MR) is 68.1 cm³/mol. The van der Waals surface area contributed by atoms with Crippen LogP contribution in [0.2, 0.25) is 0 Å². The van der Waals surface area contributed by atoms with E-state index in [4.69, 9.17) is 40.8 Å². The Hall–Kier alpha value is -2.48. The zero-order valence-corrected chi connectivity index (χ0v) is 9.88. The summed E-state index contributed by atoms with van der Waals surface area (Å²) in [4.78, 5) is 33.4. The quantitative estimate of drug-likeness (QED) is 0.393. The maximum Gasteiger partial charge on any atom is 0.231 e. The summed E-state index contributed by atoms with van der Waals surface area (Å²) < 4.78 is 0. The van der Waals surface area contributed by atoms with Crippen molar-refractivity contribution in [1.82, 2.24) is 0 Å². The number of nitrogens with one attached hydrogen (secondary N) is 4. The van der Waals surface area contributed by atoms with Crippen LogP contribution < -0.4 is 0 Å². The lowest BCUT2D eigenvalue weighted by Gasteiger charge is -2.05. The molecule has 1 saturated carbocycles. The molecule has 0 aliphatic heterocycles. The normalized spacial score (nSPS) is 9.26. The maximum atomic E-state index is 8.35. The molecule has 8 nitrogen and oxygen atoms in total. The third-order valence-corrected chi connectivity index (χ3v) is 1.50. The molecule has 108 valence electrons. The Balaban J connectivity index is -0.0000000449. The van der Waals surface area contributed by atoms with Crippen molar-refractivity contribution in [3.05, 3.63) is 0 Å². The molecule has 0 bridgehead atoms. The Bertz CT molecular complexity index is 218. The molecule has 1 aliphatic rings. The number of isocyanates is 4. The molecule has 0 saturated heterocycles. The van der Waals surface area contributed by atoms with Gasteiger partial charge in [-0.25, -0.2) is 40.8 Å². The molecule has 1 fully saturated rings. The van der Waals surface area contributed by atoms with Gasteiger partial charge in [-0.15, -0.1) is 0 Å². The minimum Gasteiger partial charge on any atom is -0.222 e. The van der Waals surface area contributed by atoms with Gasteiger partial charge in [0.2, 0.25) is 24.3 Å². The summed E-state index contributed by atoms with van der Waals surface area (Å²) in [7, 11) is 0. The van der Waals surface area contributed by atoms with Crippen LogP contribution in [0.25, 0.3) is 0 Å². The van der Waals surface area contributed by atoms with Gasteiger partial charge in [-0.3, -0.25) is 0 Å². The van der Waals surface area contributed by atoms with Gasteiger partial charge < -0.3 is 0 Å². The van der Waals surface area contributed by atoms with E-state index in [2.05, 4.69) is 0 Å². The maximum absolute atomic E-state index is 8.35. The zero-order chi connectivity index (χ0) is 15.1. The summed E-state index contributed by atoms with van der Waals surface area (Å²) in [6.45, 7) is 0. The van der Waals surface area contributed by atoms with E-state index in [1.807, 2.05) is 0 Å². The van der Waals surface area contributed by atoms with Gasteiger partial charge in [0.1, 0.15) is 0 Å². The molecular weight excluding hydrogens is 252 g/mol. The van der Waals surface area contributed by atoms with E-state index < -0.39 is 0 Å². The largest absolute Gasteiger partial charge is 0.231 e. The second-order valence-corrected chi connectivity index (χ2v) is 2.53. The molecule has 0 aromatic carbocycles. The highest BCUT2D eigenvalue weighted by Gasteiger charge is 1.95. The molecule has 0 amide bonds. The number of rotatable bonds is 0. The van der Waals surface area contributed by atoms with Crippen molar-refractivity contribution in [3.8, 4) is 0 Å². The zero-order valence-electron chi connectivity index (χ0n) is 9.88. The minimum atomic E-state index is 0. The van der Waals surface area contributed by atoms with E-state index in [1.165, 1.54) is 38.5 Å². The Kier molecular flexibility index (Phi) is 91.3. The Morgan fingerprint density at radius 1 is 0.474 bits per heavy atom. The van der Waals surface area contributed by atoms with Crippen LogP contribution in [0.1, 0.15) is 46.0 Å². The van der Waals surface area contributed by atoms with Crippen molar-refractivity contribution in [3.63, 3.8) is 0 Å². The second kappa shape index (κ2) is 57.9. The van der Waals surface area contributed by atoms with Crippen LogP contribution in [0.5, 0.6) is 0 Å². The highest BCUT2D eigenvalue weighted by atomic mass is 16.1. The van der Waals surface area contributed by atoms with Crippen molar-refractivity contribution in [1.29, 1.82) is 21.6 Å². The second-order valence-electron chi connectivity index (χ2n) is 2.53. The van der Waals surface area contributed by atoms with Crippen LogP contribution in [0, 0.1) is 21.6 Å². The fraction of sp³-hybridized carbons (Fsp3) is 0.636. The molecule has 19 heavy (non-hydrogen) atoms. The van der Waals surface area contributed by atoms with Crippen LogP contribution in [0.4, 0.5) is 0 Å². The standard InChI is InChI=1S/C6H12.4CHNO.CH4/c1-2-4-6-5-3-1;4*2-1-3;/h1-6H2;4*2H;1H4. The summed E-state index contributed by atoms with van der Waals surface area (Å²) in [6.07, 6.45) is 12.0. The van der Waals surface area contributed by atoms with Crippen molar-refractivity contribution in [2.24, 2.45) is 0 Å². The third kappa shape index (κ3) is 229. The molecule has 0 radical (unpaired) electrons. The summed E-state index contributed by atoms with van der Waals surface area (Å²) in [5, 5.41) is 21.6. The lowest BCUT2D eigenvalue weighted by Crippen LogP contribution is -1.85. The van der Waals surface area contributed by atoms with E-state index in [1.54, 1.807) is 0 Å². The lowest BCUT2D eigenvalue weighted by atomic mass is 10.0. The van der Waals surface area contributed by atoms with Gasteiger partial charge in [-0.2, -0.15) is 0 Å². The summed E-state index contributed by atoms with van der Waals surface area (Å²) in [5.41, 5.74) is 0. The van der Waals surface area contributed by atoms with Gasteiger partial charge in [-0.05, 0) is 0 Å². The van der Waals surface area contributed by atoms with E-state index in [9.17, 15) is 0 Å². The predicted octanol–water partition coefficient (Wildman–Crippen LogP) is 2.58. The number of hydrogen-bond acceptors (Lipinski definition) is 8. The SMILES string of the molecule is C.C1CCCCC1.N=C=O.N=C=O.N=C=O.N=C=O. The van der Waals surface area contributed by atoms with E-state index in [-0.39, 0.29) is 7.43 Å². The van der Waals surface area contributed by atoms with Gasteiger partial charge >= 0.3 is 0 Å². The first-order valence-corrected chi connectivity index (χ1v) is 4.82. The molecule has 4 N–H and O–H groups in total. The fourth-order valence-electron chi connectivity index (χ4n) is 1.06. The molecule has 0 heterocycles. The van der Waals surface area contributed by atoms with Gasteiger partial charge in [-0.1, -0.05) is 46.0 Å². The third-order valence-electron chi connectivity index (χ3n) is 1.50. The van der Waals surface area contributed by atoms with Crippen LogP contribution >= 0.6 is 0 Å². The van der Waals surface area contributed by atoms with E-state index >= 15 is 0 Å². The average Bonchev–Trinajstić information content (AvgIpc) is 2.35. The first-order valence-electron chi connectivity index (χ1n) is 4.82. The van der Waals surface area contributed by atoms with E-state index in [0.717, 1.165) is 24.3 Å². The minimum absolute atomic E-state index is 0. The highest BCUT2D eigenvalue weighted by molar-refractivity contribution is 5.26. The summed E-state index contributed by atoms with van der Waals surface area (Å²) in [6, 6.07) is 0. The van der Waals surface area contributed by atoms with Gasteiger partial charge in [0.15, 0.2) is 0 Å². The molecule has 0 aromatic rings. The molecule has 0 aromatic heterocycles. The first-order chi connectivity index (χ1) is 8.66. The Morgan fingerprint density at radius 2 is 0.526 bits per heavy atom. The van der Waals surface area contributed by atoms with Crippen LogP contribution in [-0.2, 0) is 19.2 Å². The van der Waals surface area contributed by atoms with Gasteiger partial charge in [0.05, 0.1) is 0 Å². The van der Waals surface area contributed by atoms with Crippen molar-refractivity contribution >= 4 is 24.3 Å². The monoisotopic (exact) mass is 272 g/mol. The molecule has 1 rings (SSSR count). The number of carbonyl (C=O) groups excluding carboxylic acids is 4. The number of hydrogen-bond donors (Lipinski definition) is 4. The molecule has 0 spiro atoms. The fourth-order valence-corrected chi connectivity index (χ4v) is 1.06. The summed E-state index contributed by atoms with van der Waals surface area (Å²) >= 11 is 0. The van der Waals surface area contributed by atoms with Crippen LogP contribution in [0.3, 0.4) is 0 Å². The smallest absolute Gasteiger partial charge is 0.222 e. The first kappa shape index (κ1) is 30.0. The molecule has 1 aliphatic carbocycles. The average molecular weight is 272 g/mol. The Labute approximate surface area is 112 Å². The lowest BCUT2D eigenvalue weighted by molar-refractivity contribution is 0.504. The summed E-state index contributed by atoms with van der Waals surface area (Å²) in [5.74, 6) is 0. The van der Waals surface area contributed by atoms with Gasteiger partial charge in [0, 0.05) is 0 Å². The Morgan fingerprint density at radius 3 is 0.579 bits per heavy atom. The van der Waals surface area contributed by atoms with E-state index in [0.29, 0.717) is 0 Å². The van der Waals surface area contributed by atoms with Crippen molar-refractivity contribution in [2.75, 3.05) is 0 Å². The topological polar surface area (TPSA) is 164 Å². The van der Waals surface area contributed by atoms with Crippen LogP contribution in [-0.4, -0.2) is 24.3 Å². The van der Waals surface area contributed by atoms with Crippen LogP contribution in [0.15, 0.2) is 0 Å². The van der Waals surface area contributed by atoms with Crippen molar-refractivity contribution in [2.45, 2.75) is 46.0 Å². The van der Waals surface area contributed by atoms with Crippen molar-refractivity contribution < 1.29 is 19.2 Å². The highest BCUT2D eigenvalue weighted by Crippen LogP contribution is 2.15.